The predicted octanol–water partition coefficient (Wildman–Crippen LogP) is 2.72. The van der Waals surface area contributed by atoms with Gasteiger partial charge in [0.2, 0.25) is 0 Å². The summed E-state index contributed by atoms with van der Waals surface area (Å²) in [6.45, 7) is -0.710. The Morgan fingerprint density at radius 2 is 1.10 bits per heavy atom. The molecular formula is C17H18F2O2. The highest BCUT2D eigenvalue weighted by Gasteiger charge is 2.31. The van der Waals surface area contributed by atoms with E-state index in [1.807, 2.05) is 0 Å². The van der Waals surface area contributed by atoms with Gasteiger partial charge in [-0.25, -0.2) is 8.78 Å². The van der Waals surface area contributed by atoms with Gasteiger partial charge in [0.15, 0.2) is 0 Å². The van der Waals surface area contributed by atoms with Crippen molar-refractivity contribution in [1.29, 1.82) is 0 Å². The third-order valence-corrected chi connectivity index (χ3v) is 3.72. The van der Waals surface area contributed by atoms with Crippen LogP contribution in [0.15, 0.2) is 48.5 Å². The molecule has 2 N–H and O–H groups in total. The van der Waals surface area contributed by atoms with Crippen molar-refractivity contribution in [3.8, 4) is 0 Å². The fraction of sp³-hybridized carbons (Fsp3) is 0.294. The molecule has 0 spiro atoms. The van der Waals surface area contributed by atoms with E-state index in [1.165, 1.54) is 12.1 Å². The van der Waals surface area contributed by atoms with Crippen LogP contribution in [0, 0.1) is 17.0 Å². The molecule has 2 aromatic rings. The Labute approximate surface area is 122 Å². The number of halogens is 2. The smallest absolute Gasteiger partial charge is 0.126 e. The van der Waals surface area contributed by atoms with E-state index in [9.17, 15) is 19.0 Å². The molecule has 0 amide bonds. The van der Waals surface area contributed by atoms with E-state index < -0.39 is 17.0 Å². The SMILES string of the molecule is OCC(CO)(Cc1ccccc1F)Cc1ccccc1F. The van der Waals surface area contributed by atoms with Crippen LogP contribution in [0.2, 0.25) is 0 Å². The Kier molecular flexibility index (Phi) is 5.04. The normalized spacial score (nSPS) is 11.6. The van der Waals surface area contributed by atoms with Crippen LogP contribution in [0.3, 0.4) is 0 Å². The Morgan fingerprint density at radius 3 is 1.43 bits per heavy atom. The van der Waals surface area contributed by atoms with E-state index in [4.69, 9.17) is 0 Å². The van der Waals surface area contributed by atoms with Crippen LogP contribution < -0.4 is 0 Å². The quantitative estimate of drug-likeness (QED) is 0.859. The van der Waals surface area contributed by atoms with E-state index in [0.29, 0.717) is 11.1 Å². The first-order valence-electron chi connectivity index (χ1n) is 6.79. The summed E-state index contributed by atoms with van der Waals surface area (Å²) in [6, 6.07) is 12.4. The van der Waals surface area contributed by atoms with Crippen molar-refractivity contribution >= 4 is 0 Å². The molecule has 0 saturated heterocycles. The maximum atomic E-state index is 13.8. The number of hydrogen-bond acceptors (Lipinski definition) is 2. The van der Waals surface area contributed by atoms with Gasteiger partial charge in [0.1, 0.15) is 11.6 Å². The summed E-state index contributed by atoms with van der Waals surface area (Å²) in [6.07, 6.45) is 0.280. The first-order valence-corrected chi connectivity index (χ1v) is 6.79. The van der Waals surface area contributed by atoms with Gasteiger partial charge in [0.25, 0.3) is 0 Å². The second kappa shape index (κ2) is 6.78. The molecule has 2 rings (SSSR count). The molecule has 112 valence electrons. The van der Waals surface area contributed by atoms with Gasteiger partial charge in [-0.3, -0.25) is 0 Å². The first-order chi connectivity index (χ1) is 10.1. The van der Waals surface area contributed by atoms with Gasteiger partial charge in [-0.05, 0) is 36.1 Å². The molecule has 0 aliphatic carbocycles. The van der Waals surface area contributed by atoms with Crippen molar-refractivity contribution < 1.29 is 19.0 Å². The van der Waals surface area contributed by atoms with Crippen molar-refractivity contribution in [1.82, 2.24) is 0 Å². The fourth-order valence-electron chi connectivity index (χ4n) is 2.43. The molecular weight excluding hydrogens is 274 g/mol. The maximum absolute atomic E-state index is 13.8. The molecule has 2 nitrogen and oxygen atoms in total. The predicted molar refractivity (Wildman–Crippen MR) is 76.8 cm³/mol. The van der Waals surface area contributed by atoms with E-state index >= 15 is 0 Å². The molecule has 0 bridgehead atoms. The average Bonchev–Trinajstić information content (AvgIpc) is 2.51. The van der Waals surface area contributed by atoms with Crippen molar-refractivity contribution in [3.05, 3.63) is 71.3 Å². The molecule has 2 aromatic carbocycles. The summed E-state index contributed by atoms with van der Waals surface area (Å²) in [4.78, 5) is 0. The third kappa shape index (κ3) is 3.65. The van der Waals surface area contributed by atoms with Gasteiger partial charge >= 0.3 is 0 Å². The minimum absolute atomic E-state index is 0.140. The summed E-state index contributed by atoms with van der Waals surface area (Å²) in [5.74, 6) is -0.783. The second-order valence-corrected chi connectivity index (χ2v) is 5.35. The minimum Gasteiger partial charge on any atom is -0.396 e. The van der Waals surface area contributed by atoms with Crippen LogP contribution in [0.5, 0.6) is 0 Å². The average molecular weight is 292 g/mol. The summed E-state index contributed by atoms with van der Waals surface area (Å²) in [5.41, 5.74) is -0.196. The number of benzene rings is 2. The first kappa shape index (κ1) is 15.6. The van der Waals surface area contributed by atoms with Gasteiger partial charge < -0.3 is 10.2 Å². The Balaban J connectivity index is 2.28. The van der Waals surface area contributed by atoms with Crippen LogP contribution in [0.4, 0.5) is 8.78 Å². The number of hydrogen-bond donors (Lipinski definition) is 2. The lowest BCUT2D eigenvalue weighted by molar-refractivity contribution is 0.0534. The molecule has 0 fully saturated rings. The lowest BCUT2D eigenvalue weighted by atomic mass is 9.77. The topological polar surface area (TPSA) is 40.5 Å². The van der Waals surface area contributed by atoms with Crippen molar-refractivity contribution in [2.24, 2.45) is 5.41 Å². The Bertz CT molecular complexity index is 545. The van der Waals surface area contributed by atoms with Gasteiger partial charge in [-0.2, -0.15) is 0 Å². The van der Waals surface area contributed by atoms with Crippen LogP contribution in [-0.2, 0) is 12.8 Å². The van der Waals surface area contributed by atoms with Gasteiger partial charge in [-0.15, -0.1) is 0 Å². The summed E-state index contributed by atoms with van der Waals surface area (Å²) >= 11 is 0. The number of aliphatic hydroxyl groups excluding tert-OH is 2. The highest BCUT2D eigenvalue weighted by Crippen LogP contribution is 2.29. The van der Waals surface area contributed by atoms with Crippen LogP contribution in [0.1, 0.15) is 11.1 Å². The standard InChI is InChI=1S/C17H18F2O2/c18-15-7-3-1-5-13(15)9-17(11-20,12-21)10-14-6-2-4-8-16(14)19/h1-8,20-21H,9-12H2. The summed E-state index contributed by atoms with van der Waals surface area (Å²) in [5, 5.41) is 19.4. The lowest BCUT2D eigenvalue weighted by Gasteiger charge is -2.30. The van der Waals surface area contributed by atoms with E-state index in [1.54, 1.807) is 36.4 Å². The third-order valence-electron chi connectivity index (χ3n) is 3.72. The summed E-state index contributed by atoms with van der Waals surface area (Å²) in [7, 11) is 0. The summed E-state index contributed by atoms with van der Waals surface area (Å²) < 4.78 is 27.5. The highest BCUT2D eigenvalue weighted by atomic mass is 19.1. The van der Waals surface area contributed by atoms with Gasteiger partial charge in [0.05, 0.1) is 13.2 Å². The molecule has 0 aromatic heterocycles. The van der Waals surface area contributed by atoms with E-state index in [2.05, 4.69) is 0 Å². The molecule has 0 aliphatic heterocycles. The van der Waals surface area contributed by atoms with Crippen molar-refractivity contribution in [2.45, 2.75) is 12.8 Å². The number of rotatable bonds is 6. The van der Waals surface area contributed by atoms with Crippen LogP contribution >= 0.6 is 0 Å². The zero-order valence-electron chi connectivity index (χ0n) is 11.6. The van der Waals surface area contributed by atoms with Crippen LogP contribution in [-0.4, -0.2) is 23.4 Å². The lowest BCUT2D eigenvalue weighted by Crippen LogP contribution is -2.35. The highest BCUT2D eigenvalue weighted by molar-refractivity contribution is 5.23. The van der Waals surface area contributed by atoms with Gasteiger partial charge in [-0.1, -0.05) is 36.4 Å². The van der Waals surface area contributed by atoms with Crippen molar-refractivity contribution in [2.75, 3.05) is 13.2 Å². The molecule has 0 unspecified atom stereocenters. The Hall–Kier alpha value is -1.78. The second-order valence-electron chi connectivity index (χ2n) is 5.35. The van der Waals surface area contributed by atoms with Crippen LogP contribution in [0.25, 0.3) is 0 Å². The zero-order chi connectivity index (χ0) is 15.3. The van der Waals surface area contributed by atoms with Gasteiger partial charge in [0, 0.05) is 5.41 Å². The molecule has 0 heterocycles. The zero-order valence-corrected chi connectivity index (χ0v) is 11.6. The molecule has 0 saturated carbocycles. The number of aliphatic hydroxyl groups is 2. The Morgan fingerprint density at radius 1 is 0.714 bits per heavy atom. The largest absolute Gasteiger partial charge is 0.396 e. The molecule has 0 aliphatic rings. The molecule has 0 radical (unpaired) electrons. The molecule has 0 atom stereocenters. The minimum atomic E-state index is -0.996. The monoisotopic (exact) mass is 292 g/mol. The fourth-order valence-corrected chi connectivity index (χ4v) is 2.43. The van der Waals surface area contributed by atoms with E-state index in [0.717, 1.165) is 0 Å². The van der Waals surface area contributed by atoms with Crippen molar-refractivity contribution in [3.63, 3.8) is 0 Å². The van der Waals surface area contributed by atoms with E-state index in [-0.39, 0.29) is 26.1 Å². The maximum Gasteiger partial charge on any atom is 0.126 e. The molecule has 4 heteroatoms. The molecule has 21 heavy (non-hydrogen) atoms.